The van der Waals surface area contributed by atoms with Gasteiger partial charge in [0.1, 0.15) is 12.1 Å². The van der Waals surface area contributed by atoms with Crippen LogP contribution < -0.4 is 0 Å². The minimum atomic E-state index is -1.72. The van der Waals surface area contributed by atoms with E-state index in [1.54, 1.807) is 24.1 Å². The van der Waals surface area contributed by atoms with Crippen LogP contribution in [0.5, 0.6) is 0 Å². The second kappa shape index (κ2) is 8.46. The molecule has 1 heterocycles. The lowest BCUT2D eigenvalue weighted by Crippen LogP contribution is -2.52. The number of amides is 1. The summed E-state index contributed by atoms with van der Waals surface area (Å²) in [5.74, 6) is 0. The first-order chi connectivity index (χ1) is 13.0. The molecule has 2 aliphatic carbocycles. The summed E-state index contributed by atoms with van der Waals surface area (Å²) in [5.41, 5.74) is -1.72. The van der Waals surface area contributed by atoms with Crippen LogP contribution in [0.25, 0.3) is 0 Å². The molecule has 2 unspecified atom stereocenters. The van der Waals surface area contributed by atoms with E-state index in [4.69, 9.17) is 15.3 Å². The Morgan fingerprint density at radius 1 is 1.00 bits per heavy atom. The Kier molecular flexibility index (Phi) is 6.24. The van der Waals surface area contributed by atoms with Crippen molar-refractivity contribution in [2.45, 2.75) is 75.6 Å². The van der Waals surface area contributed by atoms with Gasteiger partial charge in [0.25, 0.3) is 5.60 Å². The number of hydrogen-bond acceptors (Lipinski definition) is 6. The number of nitriles is 2. The van der Waals surface area contributed by atoms with Gasteiger partial charge in [-0.05, 0) is 32.1 Å². The summed E-state index contributed by atoms with van der Waals surface area (Å²) in [4.78, 5) is 19.1. The molecule has 0 radical (unpaired) electrons. The third-order valence-corrected chi connectivity index (χ3v) is 6.64. The Morgan fingerprint density at radius 2 is 1.56 bits per heavy atom. The van der Waals surface area contributed by atoms with Crippen LogP contribution in [-0.2, 0) is 4.74 Å². The Labute approximate surface area is 162 Å². The maximum Gasteiger partial charge on any atom is 0.412 e. The fourth-order valence-corrected chi connectivity index (χ4v) is 4.82. The van der Waals surface area contributed by atoms with Crippen LogP contribution in [0.3, 0.4) is 0 Å². The van der Waals surface area contributed by atoms with Gasteiger partial charge in [0.05, 0.1) is 0 Å². The van der Waals surface area contributed by atoms with Crippen molar-refractivity contribution in [2.24, 2.45) is 0 Å². The van der Waals surface area contributed by atoms with Crippen LogP contribution in [0.4, 0.5) is 4.79 Å². The van der Waals surface area contributed by atoms with E-state index in [1.807, 2.05) is 0 Å². The van der Waals surface area contributed by atoms with Gasteiger partial charge in [-0.15, -0.1) is 0 Å². The number of nitrogens with zero attached hydrogens (tertiary/aromatic N) is 5. The molecule has 0 spiro atoms. The molecule has 0 N–H and O–H groups in total. The molecule has 7 heteroatoms. The van der Waals surface area contributed by atoms with Gasteiger partial charge in [0, 0.05) is 58.3 Å². The highest BCUT2D eigenvalue weighted by atomic mass is 16.6. The molecule has 148 valence electrons. The van der Waals surface area contributed by atoms with Gasteiger partial charge in [0.15, 0.2) is 0 Å². The van der Waals surface area contributed by atoms with E-state index in [0.717, 1.165) is 51.5 Å². The molecule has 2 atom stereocenters. The van der Waals surface area contributed by atoms with Gasteiger partial charge in [-0.1, -0.05) is 12.8 Å². The smallest absolute Gasteiger partial charge is 0.412 e. The number of carbonyl (C=O) groups is 1. The highest BCUT2D eigenvalue weighted by molar-refractivity contribution is 5.69. The van der Waals surface area contributed by atoms with E-state index in [1.165, 1.54) is 32.6 Å². The zero-order valence-electron chi connectivity index (χ0n) is 16.6. The molecule has 2 saturated carbocycles. The first kappa shape index (κ1) is 19.9. The maximum absolute atomic E-state index is 12.3. The average Bonchev–Trinajstić information content (AvgIpc) is 3.39. The lowest BCUT2D eigenvalue weighted by Gasteiger charge is -2.40. The van der Waals surface area contributed by atoms with E-state index in [-0.39, 0.29) is 6.04 Å². The van der Waals surface area contributed by atoms with Crippen LogP contribution in [0.15, 0.2) is 0 Å². The van der Waals surface area contributed by atoms with Crippen molar-refractivity contribution in [3.05, 3.63) is 0 Å². The van der Waals surface area contributed by atoms with Crippen LogP contribution in [0.1, 0.15) is 51.9 Å². The van der Waals surface area contributed by atoms with Crippen LogP contribution in [-0.4, -0.2) is 77.7 Å². The number of carbonyl (C=O) groups excluding carboxylic acids is 1. The molecule has 1 amide bonds. The summed E-state index contributed by atoms with van der Waals surface area (Å²) in [7, 11) is 1.71. The van der Waals surface area contributed by atoms with Gasteiger partial charge in [0.2, 0.25) is 0 Å². The van der Waals surface area contributed by atoms with Crippen molar-refractivity contribution in [1.29, 1.82) is 10.5 Å². The predicted molar refractivity (Wildman–Crippen MR) is 101 cm³/mol. The molecule has 3 fully saturated rings. The Balaban J connectivity index is 1.46. The maximum atomic E-state index is 12.3. The second-order valence-electron chi connectivity index (χ2n) is 8.37. The lowest BCUT2D eigenvalue weighted by molar-refractivity contribution is 0.0532. The summed E-state index contributed by atoms with van der Waals surface area (Å²) in [6.07, 6.45) is 7.87. The highest BCUT2D eigenvalue weighted by Gasteiger charge is 2.38. The molecule has 3 rings (SSSR count). The molecule has 1 saturated heterocycles. The average molecular weight is 374 g/mol. The normalized spacial score (nSPS) is 27.9. The van der Waals surface area contributed by atoms with E-state index in [9.17, 15) is 4.79 Å². The SMILES string of the molecule is CN(C(=O)OC(C)(C#N)C#N)C1CCC(N2CCN(C3CCCC3)CC2)C1. The third-order valence-electron chi connectivity index (χ3n) is 6.64. The van der Waals surface area contributed by atoms with Crippen molar-refractivity contribution < 1.29 is 9.53 Å². The topological polar surface area (TPSA) is 83.6 Å². The van der Waals surface area contributed by atoms with Gasteiger partial charge < -0.3 is 9.64 Å². The van der Waals surface area contributed by atoms with Gasteiger partial charge in [-0.2, -0.15) is 10.5 Å². The van der Waals surface area contributed by atoms with Crippen LogP contribution in [0.2, 0.25) is 0 Å². The fourth-order valence-electron chi connectivity index (χ4n) is 4.82. The van der Waals surface area contributed by atoms with Crippen molar-refractivity contribution in [3.8, 4) is 12.1 Å². The Morgan fingerprint density at radius 3 is 2.11 bits per heavy atom. The van der Waals surface area contributed by atoms with E-state index in [0.29, 0.717) is 6.04 Å². The molecular formula is C20H31N5O2. The van der Waals surface area contributed by atoms with Gasteiger partial charge in [-0.25, -0.2) is 4.79 Å². The third kappa shape index (κ3) is 4.54. The lowest BCUT2D eigenvalue weighted by atomic mass is 10.1. The number of piperazine rings is 1. The molecule has 0 aromatic heterocycles. The zero-order chi connectivity index (χ0) is 19.4. The molecule has 0 aromatic rings. The van der Waals surface area contributed by atoms with Crippen LogP contribution >= 0.6 is 0 Å². The minimum Gasteiger partial charge on any atom is -0.414 e. The van der Waals surface area contributed by atoms with E-state index >= 15 is 0 Å². The van der Waals surface area contributed by atoms with E-state index < -0.39 is 11.7 Å². The van der Waals surface area contributed by atoms with Gasteiger partial charge >= 0.3 is 6.09 Å². The van der Waals surface area contributed by atoms with Crippen molar-refractivity contribution >= 4 is 6.09 Å². The first-order valence-corrected chi connectivity index (χ1v) is 10.2. The quantitative estimate of drug-likeness (QED) is 0.752. The molecule has 0 bridgehead atoms. The molecule has 3 aliphatic rings. The standard InChI is InChI=1S/C20H31N5O2/c1-20(14-21,15-22)27-19(26)23(2)17-7-8-18(13-17)25-11-9-24(10-12-25)16-5-3-4-6-16/h16-18H,3-13H2,1-2H3. The summed E-state index contributed by atoms with van der Waals surface area (Å²) >= 11 is 0. The first-order valence-electron chi connectivity index (χ1n) is 10.2. The number of hydrogen-bond donors (Lipinski definition) is 0. The second-order valence-corrected chi connectivity index (χ2v) is 8.37. The monoisotopic (exact) mass is 373 g/mol. The Hall–Kier alpha value is -1.83. The fraction of sp³-hybridized carbons (Fsp3) is 0.850. The Bertz CT molecular complexity index is 597. The molecule has 0 aromatic carbocycles. The number of rotatable bonds is 4. The summed E-state index contributed by atoms with van der Waals surface area (Å²) in [6.45, 7) is 5.87. The summed E-state index contributed by atoms with van der Waals surface area (Å²) in [6, 6.07) is 4.92. The minimum absolute atomic E-state index is 0.108. The molecular weight excluding hydrogens is 342 g/mol. The van der Waals surface area contributed by atoms with Gasteiger partial charge in [-0.3, -0.25) is 9.80 Å². The molecule has 27 heavy (non-hydrogen) atoms. The largest absolute Gasteiger partial charge is 0.414 e. The highest BCUT2D eigenvalue weighted by Crippen LogP contribution is 2.30. The van der Waals surface area contributed by atoms with Crippen molar-refractivity contribution in [1.82, 2.24) is 14.7 Å². The molecule has 7 nitrogen and oxygen atoms in total. The zero-order valence-corrected chi connectivity index (χ0v) is 16.6. The van der Waals surface area contributed by atoms with E-state index in [2.05, 4.69) is 9.80 Å². The predicted octanol–water partition coefficient (Wildman–Crippen LogP) is 2.34. The summed E-state index contributed by atoms with van der Waals surface area (Å²) in [5, 5.41) is 18.0. The summed E-state index contributed by atoms with van der Waals surface area (Å²) < 4.78 is 5.11. The van der Waals surface area contributed by atoms with Crippen LogP contribution in [0, 0.1) is 22.7 Å². The molecule has 1 aliphatic heterocycles. The van der Waals surface area contributed by atoms with Crippen molar-refractivity contribution in [2.75, 3.05) is 33.2 Å². The van der Waals surface area contributed by atoms with Crippen molar-refractivity contribution in [3.63, 3.8) is 0 Å². The number of ether oxygens (including phenoxy) is 1.